The summed E-state index contributed by atoms with van der Waals surface area (Å²) < 4.78 is 6.14. The summed E-state index contributed by atoms with van der Waals surface area (Å²) in [6.45, 7) is 5.21. The summed E-state index contributed by atoms with van der Waals surface area (Å²) in [5.41, 5.74) is 1.21. The highest BCUT2D eigenvalue weighted by Gasteiger charge is 2.22. The predicted molar refractivity (Wildman–Crippen MR) is 89.2 cm³/mol. The van der Waals surface area contributed by atoms with Crippen molar-refractivity contribution in [2.45, 2.75) is 64.4 Å². The van der Waals surface area contributed by atoms with Crippen LogP contribution in [0.3, 0.4) is 0 Å². The smallest absolute Gasteiger partial charge is 0.225 e. The lowest BCUT2D eigenvalue weighted by Crippen LogP contribution is -2.36. The minimum atomic E-state index is 0.539. The standard InChI is InChI=1S/C18H29N3O/c1-2-15-12-19-18(20-13-15)21-10-8-16(9-11-21)14-22-17-6-4-3-5-7-17/h12-13,16-17H,2-11,14H2,1H3. The van der Waals surface area contributed by atoms with Gasteiger partial charge in [0.2, 0.25) is 5.95 Å². The van der Waals surface area contributed by atoms with Gasteiger partial charge in [-0.2, -0.15) is 0 Å². The van der Waals surface area contributed by atoms with Crippen LogP contribution < -0.4 is 4.90 Å². The van der Waals surface area contributed by atoms with E-state index in [4.69, 9.17) is 4.74 Å². The molecule has 1 saturated carbocycles. The molecule has 1 aliphatic heterocycles. The molecule has 4 nitrogen and oxygen atoms in total. The second-order valence-corrected chi connectivity index (χ2v) is 6.77. The molecule has 0 amide bonds. The molecule has 0 aromatic carbocycles. The Morgan fingerprint density at radius 3 is 2.36 bits per heavy atom. The van der Waals surface area contributed by atoms with Crippen molar-refractivity contribution in [3.8, 4) is 0 Å². The number of aryl methyl sites for hydroxylation is 1. The molecular weight excluding hydrogens is 274 g/mol. The third kappa shape index (κ3) is 4.19. The number of ether oxygens (including phenoxy) is 1. The molecule has 0 radical (unpaired) electrons. The maximum atomic E-state index is 6.14. The number of anilines is 1. The molecule has 3 rings (SSSR count). The first-order valence-corrected chi connectivity index (χ1v) is 9.02. The predicted octanol–water partition coefficient (Wildman–Crippen LogP) is 3.60. The van der Waals surface area contributed by atoms with E-state index >= 15 is 0 Å². The highest BCUT2D eigenvalue weighted by atomic mass is 16.5. The first-order chi connectivity index (χ1) is 10.8. The van der Waals surface area contributed by atoms with Gasteiger partial charge in [0, 0.05) is 32.1 Å². The summed E-state index contributed by atoms with van der Waals surface area (Å²) in [4.78, 5) is 11.3. The van der Waals surface area contributed by atoms with Gasteiger partial charge in [0.15, 0.2) is 0 Å². The van der Waals surface area contributed by atoms with E-state index in [1.165, 1.54) is 50.5 Å². The van der Waals surface area contributed by atoms with Crippen LogP contribution >= 0.6 is 0 Å². The Labute approximate surface area is 134 Å². The number of rotatable bonds is 5. The van der Waals surface area contributed by atoms with Crippen LogP contribution in [-0.4, -0.2) is 35.8 Å². The lowest BCUT2D eigenvalue weighted by atomic mass is 9.96. The summed E-state index contributed by atoms with van der Waals surface area (Å²) in [6, 6.07) is 0. The van der Waals surface area contributed by atoms with Crippen LogP contribution in [0.25, 0.3) is 0 Å². The van der Waals surface area contributed by atoms with Crippen molar-refractivity contribution in [3.05, 3.63) is 18.0 Å². The fourth-order valence-corrected chi connectivity index (χ4v) is 3.50. The first-order valence-electron chi connectivity index (χ1n) is 9.02. The van der Waals surface area contributed by atoms with E-state index < -0.39 is 0 Å². The van der Waals surface area contributed by atoms with Gasteiger partial charge in [-0.15, -0.1) is 0 Å². The Balaban J connectivity index is 1.41. The monoisotopic (exact) mass is 303 g/mol. The fraction of sp³-hybridized carbons (Fsp3) is 0.778. The number of hydrogen-bond donors (Lipinski definition) is 0. The summed E-state index contributed by atoms with van der Waals surface area (Å²) in [7, 11) is 0. The van der Waals surface area contributed by atoms with Gasteiger partial charge in [0.25, 0.3) is 0 Å². The average molecular weight is 303 g/mol. The van der Waals surface area contributed by atoms with Gasteiger partial charge in [-0.25, -0.2) is 9.97 Å². The SMILES string of the molecule is CCc1cnc(N2CCC(COC3CCCCC3)CC2)nc1. The minimum absolute atomic E-state index is 0.539. The summed E-state index contributed by atoms with van der Waals surface area (Å²) in [5, 5.41) is 0. The number of nitrogens with zero attached hydrogens (tertiary/aromatic N) is 3. The minimum Gasteiger partial charge on any atom is -0.378 e. The molecule has 0 atom stereocenters. The van der Waals surface area contributed by atoms with E-state index in [9.17, 15) is 0 Å². The number of piperidine rings is 1. The molecule has 4 heteroatoms. The van der Waals surface area contributed by atoms with E-state index in [1.807, 2.05) is 12.4 Å². The lowest BCUT2D eigenvalue weighted by Gasteiger charge is -2.33. The van der Waals surface area contributed by atoms with Crippen molar-refractivity contribution in [1.82, 2.24) is 9.97 Å². The van der Waals surface area contributed by atoms with Crippen LogP contribution in [0.5, 0.6) is 0 Å². The highest BCUT2D eigenvalue weighted by Crippen LogP contribution is 2.24. The van der Waals surface area contributed by atoms with Gasteiger partial charge in [-0.1, -0.05) is 26.2 Å². The zero-order valence-corrected chi connectivity index (χ0v) is 13.8. The highest BCUT2D eigenvalue weighted by molar-refractivity contribution is 5.30. The van der Waals surface area contributed by atoms with E-state index in [1.54, 1.807) is 0 Å². The molecule has 22 heavy (non-hydrogen) atoms. The number of aromatic nitrogens is 2. The molecule has 0 N–H and O–H groups in total. The molecule has 0 spiro atoms. The summed E-state index contributed by atoms with van der Waals surface area (Å²) in [5.74, 6) is 1.61. The molecular formula is C18H29N3O. The zero-order chi connectivity index (χ0) is 15.2. The second-order valence-electron chi connectivity index (χ2n) is 6.77. The second kappa shape index (κ2) is 7.91. The molecule has 1 saturated heterocycles. The Bertz CT molecular complexity index is 434. The van der Waals surface area contributed by atoms with Crippen molar-refractivity contribution in [2.24, 2.45) is 5.92 Å². The fourth-order valence-electron chi connectivity index (χ4n) is 3.50. The molecule has 2 heterocycles. The topological polar surface area (TPSA) is 38.2 Å². The normalized spacial score (nSPS) is 21.2. The maximum absolute atomic E-state index is 6.14. The molecule has 0 unspecified atom stereocenters. The van der Waals surface area contributed by atoms with Gasteiger partial charge >= 0.3 is 0 Å². The van der Waals surface area contributed by atoms with Crippen molar-refractivity contribution in [1.29, 1.82) is 0 Å². The van der Waals surface area contributed by atoms with Crippen LogP contribution in [-0.2, 0) is 11.2 Å². The van der Waals surface area contributed by atoms with E-state index in [-0.39, 0.29) is 0 Å². The molecule has 2 fully saturated rings. The quantitative estimate of drug-likeness (QED) is 0.833. The first kappa shape index (κ1) is 15.7. The Hall–Kier alpha value is -1.16. The lowest BCUT2D eigenvalue weighted by molar-refractivity contribution is 0.00355. The van der Waals surface area contributed by atoms with Crippen LogP contribution in [0.4, 0.5) is 5.95 Å². The summed E-state index contributed by atoms with van der Waals surface area (Å²) >= 11 is 0. The Morgan fingerprint density at radius 1 is 1.05 bits per heavy atom. The van der Waals surface area contributed by atoms with Crippen molar-refractivity contribution in [3.63, 3.8) is 0 Å². The molecule has 2 aliphatic rings. The van der Waals surface area contributed by atoms with Gasteiger partial charge in [-0.05, 0) is 43.6 Å². The molecule has 0 bridgehead atoms. The van der Waals surface area contributed by atoms with Crippen LogP contribution in [0.1, 0.15) is 57.4 Å². The molecule has 1 aromatic rings. The van der Waals surface area contributed by atoms with Gasteiger partial charge in [0.1, 0.15) is 0 Å². The van der Waals surface area contributed by atoms with Crippen LogP contribution in [0.2, 0.25) is 0 Å². The number of hydrogen-bond acceptors (Lipinski definition) is 4. The van der Waals surface area contributed by atoms with Crippen LogP contribution in [0, 0.1) is 5.92 Å². The largest absolute Gasteiger partial charge is 0.378 e. The van der Waals surface area contributed by atoms with Crippen molar-refractivity contribution < 1.29 is 4.74 Å². The van der Waals surface area contributed by atoms with E-state index in [0.717, 1.165) is 32.1 Å². The molecule has 1 aliphatic carbocycles. The van der Waals surface area contributed by atoms with E-state index in [0.29, 0.717) is 12.0 Å². The van der Waals surface area contributed by atoms with Crippen molar-refractivity contribution in [2.75, 3.05) is 24.6 Å². The van der Waals surface area contributed by atoms with Gasteiger partial charge < -0.3 is 9.64 Å². The van der Waals surface area contributed by atoms with Crippen molar-refractivity contribution >= 4 is 5.95 Å². The Kier molecular flexibility index (Phi) is 5.65. The third-order valence-corrected chi connectivity index (χ3v) is 5.12. The average Bonchev–Trinajstić information content (AvgIpc) is 2.61. The molecule has 1 aromatic heterocycles. The maximum Gasteiger partial charge on any atom is 0.225 e. The van der Waals surface area contributed by atoms with Gasteiger partial charge in [-0.3, -0.25) is 0 Å². The van der Waals surface area contributed by atoms with E-state index in [2.05, 4.69) is 21.8 Å². The molecule has 122 valence electrons. The van der Waals surface area contributed by atoms with Crippen LogP contribution in [0.15, 0.2) is 12.4 Å². The Morgan fingerprint density at radius 2 is 1.73 bits per heavy atom. The van der Waals surface area contributed by atoms with Gasteiger partial charge in [0.05, 0.1) is 6.10 Å². The third-order valence-electron chi connectivity index (χ3n) is 5.12. The summed E-state index contributed by atoms with van der Waals surface area (Å²) in [6.07, 6.45) is 14.5. The zero-order valence-electron chi connectivity index (χ0n) is 13.8.